The Kier molecular flexibility index (Phi) is 1.54. The fourth-order valence-electron chi connectivity index (χ4n) is 2.29. The molecule has 0 saturated heterocycles. The second kappa shape index (κ2) is 2.74. The number of hydrogen-bond acceptors (Lipinski definition) is 1. The van der Waals surface area contributed by atoms with Crippen LogP contribution in [0, 0.1) is 0 Å². The number of nitrogens with one attached hydrogen (secondary N) is 1. The molecule has 1 heterocycles. The first-order chi connectivity index (χ1) is 6.84. The topological polar surface area (TPSA) is 12.0 Å². The maximum atomic E-state index is 3.54. The van der Waals surface area contributed by atoms with E-state index in [-0.39, 0.29) is 0 Å². The highest BCUT2D eigenvalue weighted by Crippen LogP contribution is 2.39. The molecule has 1 heteroatoms. The van der Waals surface area contributed by atoms with Gasteiger partial charge in [-0.15, -0.1) is 0 Å². The number of allylic oxidation sites excluding steroid dienone is 2. The van der Waals surface area contributed by atoms with Gasteiger partial charge in [-0.05, 0) is 25.0 Å². The summed E-state index contributed by atoms with van der Waals surface area (Å²) in [5.74, 6) is 0. The Morgan fingerprint density at radius 2 is 2.14 bits per heavy atom. The molecule has 0 aromatic heterocycles. The highest BCUT2D eigenvalue weighted by atomic mass is 15.0. The van der Waals surface area contributed by atoms with Crippen molar-refractivity contribution in [1.82, 2.24) is 0 Å². The third-order valence-corrected chi connectivity index (χ3v) is 3.00. The maximum Gasteiger partial charge on any atom is 0.0555 e. The summed E-state index contributed by atoms with van der Waals surface area (Å²) in [5.41, 5.74) is 5.51. The second-order valence-electron chi connectivity index (χ2n) is 4.03. The molecule has 2 aliphatic rings. The first-order valence-corrected chi connectivity index (χ1v) is 5.09. The molecule has 1 nitrogen and oxygen atoms in total. The zero-order chi connectivity index (χ0) is 9.54. The first-order valence-electron chi connectivity index (χ1n) is 5.09. The van der Waals surface area contributed by atoms with Gasteiger partial charge in [0.1, 0.15) is 0 Å². The molecule has 1 aliphatic carbocycles. The first kappa shape index (κ1) is 7.86. The summed E-state index contributed by atoms with van der Waals surface area (Å²) in [5, 5.41) is 3.54. The smallest absolute Gasteiger partial charge is 0.0555 e. The maximum absolute atomic E-state index is 3.54. The van der Waals surface area contributed by atoms with Gasteiger partial charge in [0.15, 0.2) is 0 Å². The number of fused-ring (bicyclic) bond motifs is 3. The van der Waals surface area contributed by atoms with Gasteiger partial charge in [0.05, 0.1) is 6.04 Å². The van der Waals surface area contributed by atoms with Crippen molar-refractivity contribution in [2.75, 3.05) is 5.32 Å². The van der Waals surface area contributed by atoms with E-state index in [2.05, 4.69) is 48.7 Å². The molecule has 1 atom stereocenters. The summed E-state index contributed by atoms with van der Waals surface area (Å²) >= 11 is 0. The van der Waals surface area contributed by atoms with Crippen molar-refractivity contribution < 1.29 is 0 Å². The normalized spacial score (nSPS) is 23.1. The minimum Gasteiger partial charge on any atom is -0.377 e. The number of hydrogen-bond donors (Lipinski definition) is 1. The van der Waals surface area contributed by atoms with Crippen LogP contribution in [0.15, 0.2) is 42.0 Å². The van der Waals surface area contributed by atoms with Gasteiger partial charge in [0.2, 0.25) is 0 Å². The average Bonchev–Trinajstić information content (AvgIpc) is 2.56. The highest BCUT2D eigenvalue weighted by Gasteiger charge is 2.26. The lowest BCUT2D eigenvalue weighted by Crippen LogP contribution is -2.15. The van der Waals surface area contributed by atoms with Gasteiger partial charge in [-0.1, -0.05) is 35.9 Å². The SMILES string of the molecule is CC1=CCC2Nc3ccccc3C2=C1. The minimum atomic E-state index is 0.510. The molecule has 0 bridgehead atoms. The quantitative estimate of drug-likeness (QED) is 0.651. The van der Waals surface area contributed by atoms with E-state index in [1.807, 2.05) is 0 Å². The van der Waals surface area contributed by atoms with Gasteiger partial charge in [-0.25, -0.2) is 0 Å². The lowest BCUT2D eigenvalue weighted by molar-refractivity contribution is 0.918. The molecular formula is C13H13N. The number of rotatable bonds is 0. The molecule has 1 N–H and O–H groups in total. The van der Waals surface area contributed by atoms with Gasteiger partial charge >= 0.3 is 0 Å². The van der Waals surface area contributed by atoms with Gasteiger partial charge in [0.25, 0.3) is 0 Å². The van der Waals surface area contributed by atoms with Gasteiger partial charge < -0.3 is 5.32 Å². The summed E-state index contributed by atoms with van der Waals surface area (Å²) in [6, 6.07) is 9.06. The Labute approximate surface area is 84.1 Å². The summed E-state index contributed by atoms with van der Waals surface area (Å²) in [7, 11) is 0. The highest BCUT2D eigenvalue weighted by molar-refractivity contribution is 5.88. The fraction of sp³-hybridized carbons (Fsp3) is 0.231. The Morgan fingerprint density at radius 3 is 3.07 bits per heavy atom. The van der Waals surface area contributed by atoms with Crippen LogP contribution in [0.3, 0.4) is 0 Å². The van der Waals surface area contributed by atoms with Crippen LogP contribution in [0.1, 0.15) is 18.9 Å². The van der Waals surface area contributed by atoms with Gasteiger partial charge in [-0.3, -0.25) is 0 Å². The molecule has 0 amide bonds. The summed E-state index contributed by atoms with van der Waals surface area (Å²) < 4.78 is 0. The van der Waals surface area contributed by atoms with Crippen LogP contribution in [0.4, 0.5) is 5.69 Å². The zero-order valence-electron chi connectivity index (χ0n) is 8.25. The predicted molar refractivity (Wildman–Crippen MR) is 60.2 cm³/mol. The lowest BCUT2D eigenvalue weighted by Gasteiger charge is -2.15. The van der Waals surface area contributed by atoms with E-state index in [0.29, 0.717) is 6.04 Å². The molecule has 0 radical (unpaired) electrons. The minimum absolute atomic E-state index is 0.510. The third-order valence-electron chi connectivity index (χ3n) is 3.00. The van der Waals surface area contributed by atoms with Crippen molar-refractivity contribution in [2.24, 2.45) is 0 Å². The Hall–Kier alpha value is -1.50. The van der Waals surface area contributed by atoms with Crippen molar-refractivity contribution >= 4 is 11.3 Å². The molecule has 14 heavy (non-hydrogen) atoms. The third kappa shape index (κ3) is 1.02. The van der Waals surface area contributed by atoms with E-state index in [4.69, 9.17) is 0 Å². The van der Waals surface area contributed by atoms with E-state index in [1.165, 1.54) is 22.4 Å². The van der Waals surface area contributed by atoms with Crippen molar-refractivity contribution in [1.29, 1.82) is 0 Å². The van der Waals surface area contributed by atoms with Crippen molar-refractivity contribution in [3.8, 4) is 0 Å². The Bertz CT molecular complexity index is 440. The number of para-hydroxylation sites is 1. The molecule has 1 aromatic carbocycles. The van der Waals surface area contributed by atoms with Crippen LogP contribution < -0.4 is 5.32 Å². The zero-order valence-corrected chi connectivity index (χ0v) is 8.25. The van der Waals surface area contributed by atoms with E-state index >= 15 is 0 Å². The molecule has 70 valence electrons. The van der Waals surface area contributed by atoms with Crippen LogP contribution >= 0.6 is 0 Å². The van der Waals surface area contributed by atoms with Gasteiger partial charge in [0, 0.05) is 11.3 Å². The lowest BCUT2D eigenvalue weighted by atomic mass is 9.93. The molecule has 0 saturated carbocycles. The van der Waals surface area contributed by atoms with Crippen LogP contribution in [0.2, 0.25) is 0 Å². The monoisotopic (exact) mass is 183 g/mol. The number of benzene rings is 1. The molecule has 1 aliphatic heterocycles. The number of anilines is 1. The molecule has 0 fully saturated rings. The summed E-state index contributed by atoms with van der Waals surface area (Å²) in [4.78, 5) is 0. The molecule has 0 spiro atoms. The Morgan fingerprint density at radius 1 is 1.29 bits per heavy atom. The standard InChI is InChI=1S/C13H13N/c1-9-6-7-13-11(8-9)10-4-2-3-5-12(10)14-13/h2-6,8,13-14H,7H2,1H3. The summed E-state index contributed by atoms with van der Waals surface area (Å²) in [6.07, 6.45) is 5.71. The predicted octanol–water partition coefficient (Wildman–Crippen LogP) is 3.21. The fourth-order valence-corrected chi connectivity index (χ4v) is 2.29. The van der Waals surface area contributed by atoms with Crippen LogP contribution in [-0.2, 0) is 0 Å². The molecule has 1 aromatic rings. The summed E-state index contributed by atoms with van der Waals surface area (Å²) in [6.45, 7) is 2.17. The van der Waals surface area contributed by atoms with Crippen LogP contribution in [0.5, 0.6) is 0 Å². The van der Waals surface area contributed by atoms with Crippen molar-refractivity contribution in [3.05, 3.63) is 47.6 Å². The van der Waals surface area contributed by atoms with Gasteiger partial charge in [-0.2, -0.15) is 0 Å². The Balaban J connectivity index is 2.15. The van der Waals surface area contributed by atoms with Crippen molar-refractivity contribution in [3.63, 3.8) is 0 Å². The molecular weight excluding hydrogens is 170 g/mol. The largest absolute Gasteiger partial charge is 0.377 e. The second-order valence-corrected chi connectivity index (χ2v) is 4.03. The van der Waals surface area contributed by atoms with Crippen LogP contribution in [-0.4, -0.2) is 6.04 Å². The van der Waals surface area contributed by atoms with E-state index in [9.17, 15) is 0 Å². The average molecular weight is 183 g/mol. The van der Waals surface area contributed by atoms with Crippen LogP contribution in [0.25, 0.3) is 5.57 Å². The van der Waals surface area contributed by atoms with E-state index < -0.39 is 0 Å². The molecule has 1 unspecified atom stereocenters. The van der Waals surface area contributed by atoms with Crippen molar-refractivity contribution in [2.45, 2.75) is 19.4 Å². The van der Waals surface area contributed by atoms with E-state index in [1.54, 1.807) is 0 Å². The van der Waals surface area contributed by atoms with E-state index in [0.717, 1.165) is 6.42 Å². The molecule has 3 rings (SSSR count).